The highest BCUT2D eigenvalue weighted by molar-refractivity contribution is 5.16. The zero-order valence-corrected chi connectivity index (χ0v) is 8.99. The van der Waals surface area contributed by atoms with Crippen molar-refractivity contribution < 1.29 is 9.84 Å². The smallest absolute Gasteiger partial charge is 0.0832 e. The number of ether oxygens (including phenoxy) is 1. The molecular weight excluding hydrogens is 178 g/mol. The Morgan fingerprint density at radius 1 is 1.36 bits per heavy atom. The fourth-order valence-electron chi connectivity index (χ4n) is 1.63. The van der Waals surface area contributed by atoms with Crippen molar-refractivity contribution in [3.63, 3.8) is 0 Å². The van der Waals surface area contributed by atoms with Gasteiger partial charge in [0.05, 0.1) is 13.2 Å². The standard InChI is InChI=1S/C11H19NO2/c1-3-7-12-10(6-8-14-2)4-5-11(12)9-13/h4-5,13H,3,6-9H2,1-2H3. The fourth-order valence-corrected chi connectivity index (χ4v) is 1.63. The van der Waals surface area contributed by atoms with E-state index in [1.54, 1.807) is 7.11 Å². The van der Waals surface area contributed by atoms with E-state index in [-0.39, 0.29) is 6.61 Å². The Morgan fingerprint density at radius 2 is 2.07 bits per heavy atom. The molecule has 0 amide bonds. The van der Waals surface area contributed by atoms with Crippen LogP contribution < -0.4 is 0 Å². The largest absolute Gasteiger partial charge is 0.390 e. The summed E-state index contributed by atoms with van der Waals surface area (Å²) in [5.41, 5.74) is 2.25. The summed E-state index contributed by atoms with van der Waals surface area (Å²) >= 11 is 0. The molecule has 0 radical (unpaired) electrons. The van der Waals surface area contributed by atoms with Crippen molar-refractivity contribution in [2.24, 2.45) is 0 Å². The molecule has 1 aromatic rings. The average molecular weight is 197 g/mol. The maximum Gasteiger partial charge on any atom is 0.0832 e. The first-order chi connectivity index (χ1) is 6.83. The molecule has 3 nitrogen and oxygen atoms in total. The monoisotopic (exact) mass is 197 g/mol. The third-order valence-electron chi connectivity index (χ3n) is 2.33. The molecule has 14 heavy (non-hydrogen) atoms. The van der Waals surface area contributed by atoms with Crippen LogP contribution in [0.25, 0.3) is 0 Å². The number of aliphatic hydroxyl groups excluding tert-OH is 1. The zero-order valence-electron chi connectivity index (χ0n) is 8.99. The van der Waals surface area contributed by atoms with E-state index in [0.717, 1.165) is 31.7 Å². The van der Waals surface area contributed by atoms with Gasteiger partial charge >= 0.3 is 0 Å². The number of nitrogens with zero attached hydrogens (tertiary/aromatic N) is 1. The van der Waals surface area contributed by atoms with Crippen LogP contribution in [-0.2, 0) is 24.3 Å². The minimum absolute atomic E-state index is 0.118. The quantitative estimate of drug-likeness (QED) is 0.751. The first-order valence-corrected chi connectivity index (χ1v) is 5.10. The molecule has 0 spiro atoms. The van der Waals surface area contributed by atoms with E-state index in [2.05, 4.69) is 17.6 Å². The molecule has 3 heteroatoms. The molecular formula is C11H19NO2. The fraction of sp³-hybridized carbons (Fsp3) is 0.636. The third kappa shape index (κ3) is 2.59. The molecule has 1 N–H and O–H groups in total. The summed E-state index contributed by atoms with van der Waals surface area (Å²) in [4.78, 5) is 0. The molecule has 1 aromatic heterocycles. The Balaban J connectivity index is 2.75. The lowest BCUT2D eigenvalue weighted by molar-refractivity contribution is 0.200. The van der Waals surface area contributed by atoms with Crippen LogP contribution in [0.5, 0.6) is 0 Å². The van der Waals surface area contributed by atoms with E-state index in [1.807, 2.05) is 6.07 Å². The molecule has 0 aliphatic heterocycles. The number of aromatic nitrogens is 1. The van der Waals surface area contributed by atoms with Crippen LogP contribution in [0.4, 0.5) is 0 Å². The van der Waals surface area contributed by atoms with Gasteiger partial charge in [-0.15, -0.1) is 0 Å². The lowest BCUT2D eigenvalue weighted by atomic mass is 10.3. The van der Waals surface area contributed by atoms with Gasteiger partial charge in [-0.05, 0) is 18.6 Å². The van der Waals surface area contributed by atoms with Crippen molar-refractivity contribution in [1.82, 2.24) is 4.57 Å². The van der Waals surface area contributed by atoms with Crippen LogP contribution in [0.15, 0.2) is 12.1 Å². The third-order valence-corrected chi connectivity index (χ3v) is 2.33. The lowest BCUT2D eigenvalue weighted by Crippen LogP contribution is -2.08. The summed E-state index contributed by atoms with van der Waals surface area (Å²) in [6, 6.07) is 4.06. The Bertz CT molecular complexity index is 268. The van der Waals surface area contributed by atoms with Crippen LogP contribution in [0.3, 0.4) is 0 Å². The van der Waals surface area contributed by atoms with Crippen LogP contribution >= 0.6 is 0 Å². The molecule has 0 bridgehead atoms. The van der Waals surface area contributed by atoms with Crippen molar-refractivity contribution in [3.8, 4) is 0 Å². The minimum atomic E-state index is 0.118. The summed E-state index contributed by atoms with van der Waals surface area (Å²) in [6.07, 6.45) is 2.00. The van der Waals surface area contributed by atoms with Gasteiger partial charge in [-0.3, -0.25) is 0 Å². The van der Waals surface area contributed by atoms with Crippen molar-refractivity contribution in [3.05, 3.63) is 23.5 Å². The predicted octanol–water partition coefficient (Wildman–Crippen LogP) is 1.58. The average Bonchev–Trinajstić information content (AvgIpc) is 2.58. The highest BCUT2D eigenvalue weighted by atomic mass is 16.5. The molecule has 80 valence electrons. The van der Waals surface area contributed by atoms with E-state index in [1.165, 1.54) is 5.69 Å². The number of rotatable bonds is 6. The first kappa shape index (κ1) is 11.3. The first-order valence-electron chi connectivity index (χ1n) is 5.10. The second kappa shape index (κ2) is 5.83. The van der Waals surface area contributed by atoms with E-state index in [4.69, 9.17) is 9.84 Å². The van der Waals surface area contributed by atoms with Gasteiger partial charge in [-0.1, -0.05) is 6.92 Å². The van der Waals surface area contributed by atoms with Crippen molar-refractivity contribution in [2.45, 2.75) is 32.9 Å². The maximum absolute atomic E-state index is 9.13. The van der Waals surface area contributed by atoms with Gasteiger partial charge < -0.3 is 14.4 Å². The number of methoxy groups -OCH3 is 1. The van der Waals surface area contributed by atoms with Gasteiger partial charge in [0.1, 0.15) is 0 Å². The summed E-state index contributed by atoms with van der Waals surface area (Å²) in [5, 5.41) is 9.13. The van der Waals surface area contributed by atoms with Crippen LogP contribution in [-0.4, -0.2) is 23.4 Å². The van der Waals surface area contributed by atoms with Crippen LogP contribution in [0.1, 0.15) is 24.7 Å². The molecule has 0 aliphatic carbocycles. The van der Waals surface area contributed by atoms with E-state index in [9.17, 15) is 0 Å². The molecule has 0 fully saturated rings. The summed E-state index contributed by atoms with van der Waals surface area (Å²) in [7, 11) is 1.71. The van der Waals surface area contributed by atoms with Crippen LogP contribution in [0, 0.1) is 0 Å². The molecule has 0 aromatic carbocycles. The van der Waals surface area contributed by atoms with Crippen molar-refractivity contribution in [2.75, 3.05) is 13.7 Å². The molecule has 0 saturated heterocycles. The number of hydrogen-bond donors (Lipinski definition) is 1. The molecule has 0 aliphatic rings. The highest BCUT2D eigenvalue weighted by Gasteiger charge is 2.05. The van der Waals surface area contributed by atoms with Crippen molar-refractivity contribution in [1.29, 1.82) is 0 Å². The Hall–Kier alpha value is -0.800. The van der Waals surface area contributed by atoms with Gasteiger partial charge in [-0.25, -0.2) is 0 Å². The molecule has 1 rings (SSSR count). The Labute approximate surface area is 85.3 Å². The lowest BCUT2D eigenvalue weighted by Gasteiger charge is -2.10. The zero-order chi connectivity index (χ0) is 10.4. The summed E-state index contributed by atoms with van der Waals surface area (Å²) in [5.74, 6) is 0. The highest BCUT2D eigenvalue weighted by Crippen LogP contribution is 2.11. The van der Waals surface area contributed by atoms with Gasteiger partial charge in [0.2, 0.25) is 0 Å². The second-order valence-corrected chi connectivity index (χ2v) is 3.37. The Kier molecular flexibility index (Phi) is 4.70. The Morgan fingerprint density at radius 3 is 2.64 bits per heavy atom. The van der Waals surface area contributed by atoms with Gasteiger partial charge in [0.25, 0.3) is 0 Å². The number of aliphatic hydroxyl groups is 1. The van der Waals surface area contributed by atoms with Gasteiger partial charge in [0, 0.05) is 31.5 Å². The van der Waals surface area contributed by atoms with Crippen LogP contribution in [0.2, 0.25) is 0 Å². The molecule has 0 saturated carbocycles. The summed E-state index contributed by atoms with van der Waals surface area (Å²) in [6.45, 7) is 3.97. The van der Waals surface area contributed by atoms with E-state index < -0.39 is 0 Å². The minimum Gasteiger partial charge on any atom is -0.390 e. The van der Waals surface area contributed by atoms with E-state index in [0.29, 0.717) is 0 Å². The SMILES string of the molecule is CCCn1c(CO)ccc1CCOC. The summed E-state index contributed by atoms with van der Waals surface area (Å²) < 4.78 is 7.23. The van der Waals surface area contributed by atoms with Gasteiger partial charge in [0.15, 0.2) is 0 Å². The predicted molar refractivity (Wildman–Crippen MR) is 56.2 cm³/mol. The van der Waals surface area contributed by atoms with Crippen molar-refractivity contribution >= 4 is 0 Å². The molecule has 1 heterocycles. The molecule has 0 atom stereocenters. The van der Waals surface area contributed by atoms with Gasteiger partial charge in [-0.2, -0.15) is 0 Å². The second-order valence-electron chi connectivity index (χ2n) is 3.37. The normalized spacial score (nSPS) is 10.8. The topological polar surface area (TPSA) is 34.4 Å². The molecule has 0 unspecified atom stereocenters. The maximum atomic E-state index is 9.13. The van der Waals surface area contributed by atoms with E-state index >= 15 is 0 Å². The number of hydrogen-bond acceptors (Lipinski definition) is 2.